The topological polar surface area (TPSA) is 124 Å². The normalized spacial score (nSPS) is 12.6. The van der Waals surface area contributed by atoms with Crippen LogP contribution in [-0.2, 0) is 19.0 Å². The van der Waals surface area contributed by atoms with E-state index < -0.39 is 17.5 Å². The van der Waals surface area contributed by atoms with Crippen molar-refractivity contribution >= 4 is 18.3 Å². The van der Waals surface area contributed by atoms with Crippen molar-refractivity contribution in [1.82, 2.24) is 5.32 Å². The van der Waals surface area contributed by atoms with Crippen molar-refractivity contribution in [1.29, 1.82) is 5.41 Å². The van der Waals surface area contributed by atoms with Gasteiger partial charge < -0.3 is 30.7 Å². The number of hydrogen-bond acceptors (Lipinski definition) is 7. The van der Waals surface area contributed by atoms with E-state index in [0.29, 0.717) is 6.61 Å². The Morgan fingerprint density at radius 1 is 1.24 bits per heavy atom. The molecule has 25 heavy (non-hydrogen) atoms. The molecule has 8 nitrogen and oxygen atoms in total. The predicted molar refractivity (Wildman–Crippen MR) is 94.8 cm³/mol. The van der Waals surface area contributed by atoms with E-state index in [1.165, 1.54) is 0 Å². The second-order valence-corrected chi connectivity index (χ2v) is 6.39. The Morgan fingerprint density at radius 2 is 1.88 bits per heavy atom. The van der Waals surface area contributed by atoms with Gasteiger partial charge in [0.2, 0.25) is 5.88 Å². The van der Waals surface area contributed by atoms with Crippen molar-refractivity contribution in [3.05, 3.63) is 23.7 Å². The number of carbonyl (C=O) groups is 2. The van der Waals surface area contributed by atoms with Gasteiger partial charge in [0.1, 0.15) is 12.2 Å². The van der Waals surface area contributed by atoms with E-state index in [1.807, 2.05) is 27.7 Å². The zero-order valence-corrected chi connectivity index (χ0v) is 15.5. The SMILES string of the molecule is CCOC(=O)/C(C=N)=C(/N/C=C/C(C)(C)COC(N)=O)OCC(C)C. The van der Waals surface area contributed by atoms with Crippen molar-refractivity contribution in [3.8, 4) is 0 Å². The fraction of sp³-hybridized carbons (Fsp3) is 0.588. The number of esters is 1. The van der Waals surface area contributed by atoms with Gasteiger partial charge in [0.05, 0.1) is 13.2 Å². The first-order valence-corrected chi connectivity index (χ1v) is 8.04. The van der Waals surface area contributed by atoms with Crippen LogP contribution in [0, 0.1) is 16.7 Å². The van der Waals surface area contributed by atoms with Crippen LogP contribution in [0.15, 0.2) is 23.7 Å². The molecule has 0 atom stereocenters. The average Bonchev–Trinajstić information content (AvgIpc) is 2.51. The lowest BCUT2D eigenvalue weighted by atomic mass is 9.95. The maximum absolute atomic E-state index is 12.0. The summed E-state index contributed by atoms with van der Waals surface area (Å²) in [6.45, 7) is 9.95. The minimum Gasteiger partial charge on any atom is -0.478 e. The predicted octanol–water partition coefficient (Wildman–Crippen LogP) is 2.31. The summed E-state index contributed by atoms with van der Waals surface area (Å²) < 4.78 is 15.3. The van der Waals surface area contributed by atoms with Gasteiger partial charge in [0.15, 0.2) is 0 Å². The summed E-state index contributed by atoms with van der Waals surface area (Å²) in [5, 5.41) is 10.3. The molecular formula is C17H29N3O5. The largest absolute Gasteiger partial charge is 0.478 e. The highest BCUT2D eigenvalue weighted by molar-refractivity contribution is 6.08. The molecule has 0 aromatic heterocycles. The van der Waals surface area contributed by atoms with Gasteiger partial charge in [-0.3, -0.25) is 0 Å². The molecule has 8 heteroatoms. The lowest BCUT2D eigenvalue weighted by molar-refractivity contribution is -0.138. The summed E-state index contributed by atoms with van der Waals surface area (Å²) in [5.74, 6) is -0.283. The van der Waals surface area contributed by atoms with Crippen LogP contribution in [0.2, 0.25) is 0 Å². The number of nitrogens with one attached hydrogen (secondary N) is 2. The molecule has 142 valence electrons. The Kier molecular flexibility index (Phi) is 10.00. The van der Waals surface area contributed by atoms with E-state index in [-0.39, 0.29) is 30.6 Å². The van der Waals surface area contributed by atoms with Gasteiger partial charge in [-0.2, -0.15) is 0 Å². The van der Waals surface area contributed by atoms with E-state index >= 15 is 0 Å². The molecule has 0 aliphatic carbocycles. The van der Waals surface area contributed by atoms with Gasteiger partial charge in [0.25, 0.3) is 0 Å². The first kappa shape index (κ1) is 22.5. The molecule has 0 heterocycles. The molecular weight excluding hydrogens is 326 g/mol. The second kappa shape index (κ2) is 11.1. The zero-order valence-electron chi connectivity index (χ0n) is 15.5. The van der Waals surface area contributed by atoms with Crippen LogP contribution < -0.4 is 11.1 Å². The number of nitrogens with two attached hydrogens (primary N) is 1. The van der Waals surface area contributed by atoms with Crippen LogP contribution in [-0.4, -0.2) is 38.1 Å². The molecule has 0 aliphatic rings. The van der Waals surface area contributed by atoms with E-state index in [0.717, 1.165) is 6.21 Å². The Morgan fingerprint density at radius 3 is 2.36 bits per heavy atom. The minimum absolute atomic E-state index is 0.0154. The Hall–Kier alpha value is -2.51. The van der Waals surface area contributed by atoms with Gasteiger partial charge >= 0.3 is 12.1 Å². The van der Waals surface area contributed by atoms with Crippen LogP contribution in [0.5, 0.6) is 0 Å². The second-order valence-electron chi connectivity index (χ2n) is 6.39. The quantitative estimate of drug-likeness (QED) is 0.226. The fourth-order valence-electron chi connectivity index (χ4n) is 1.52. The smallest absolute Gasteiger partial charge is 0.404 e. The summed E-state index contributed by atoms with van der Waals surface area (Å²) in [5.41, 5.74) is 4.46. The molecule has 0 aromatic rings. The standard InChI is InChI=1S/C17H29N3O5/c1-6-23-15(21)13(9-18)14(24-10-12(2)3)20-8-7-17(4,5)11-25-16(19)22/h7-9,12,18,20H,6,10-11H2,1-5H3,(H2,19,22)/b8-7+,14-13-,18-9?. The molecule has 4 N–H and O–H groups in total. The van der Waals surface area contributed by atoms with E-state index in [2.05, 4.69) is 5.32 Å². The zero-order chi connectivity index (χ0) is 19.5. The van der Waals surface area contributed by atoms with Crippen LogP contribution in [0.1, 0.15) is 34.6 Å². The third kappa shape index (κ3) is 10.1. The summed E-state index contributed by atoms with van der Waals surface area (Å²) in [6, 6.07) is 0. The van der Waals surface area contributed by atoms with Crippen LogP contribution >= 0.6 is 0 Å². The Balaban J connectivity index is 5.22. The van der Waals surface area contributed by atoms with Crippen molar-refractivity contribution in [3.63, 3.8) is 0 Å². The maximum atomic E-state index is 12.0. The van der Waals surface area contributed by atoms with Crippen LogP contribution in [0.25, 0.3) is 0 Å². The van der Waals surface area contributed by atoms with Crippen molar-refractivity contribution in [2.75, 3.05) is 19.8 Å². The molecule has 0 saturated carbocycles. The van der Waals surface area contributed by atoms with Crippen LogP contribution in [0.4, 0.5) is 4.79 Å². The van der Waals surface area contributed by atoms with Crippen molar-refractivity contribution in [2.45, 2.75) is 34.6 Å². The minimum atomic E-state index is -0.844. The molecule has 1 amide bonds. The number of primary amides is 1. The van der Waals surface area contributed by atoms with Gasteiger partial charge in [-0.15, -0.1) is 0 Å². The van der Waals surface area contributed by atoms with Gasteiger partial charge in [-0.05, 0) is 12.8 Å². The highest BCUT2D eigenvalue weighted by Crippen LogP contribution is 2.17. The highest BCUT2D eigenvalue weighted by Gasteiger charge is 2.18. The summed E-state index contributed by atoms with van der Waals surface area (Å²) in [7, 11) is 0. The maximum Gasteiger partial charge on any atom is 0.404 e. The Labute approximate surface area is 148 Å². The van der Waals surface area contributed by atoms with Gasteiger partial charge in [0, 0.05) is 17.8 Å². The monoisotopic (exact) mass is 355 g/mol. The third-order valence-electron chi connectivity index (χ3n) is 2.78. The number of ether oxygens (including phenoxy) is 3. The first-order chi connectivity index (χ1) is 11.6. The average molecular weight is 355 g/mol. The molecule has 0 radical (unpaired) electrons. The van der Waals surface area contributed by atoms with Gasteiger partial charge in [-0.25, -0.2) is 9.59 Å². The third-order valence-corrected chi connectivity index (χ3v) is 2.78. The highest BCUT2D eigenvalue weighted by atomic mass is 16.5. The Bertz CT molecular complexity index is 524. The fourth-order valence-corrected chi connectivity index (χ4v) is 1.52. The number of carbonyl (C=O) groups excluding carboxylic acids is 2. The molecule has 0 fully saturated rings. The molecule has 0 bridgehead atoms. The first-order valence-electron chi connectivity index (χ1n) is 8.04. The summed E-state index contributed by atoms with van der Waals surface area (Å²) >= 11 is 0. The molecule has 0 rings (SSSR count). The molecule has 0 aromatic carbocycles. The van der Waals surface area contributed by atoms with Crippen molar-refractivity contribution in [2.24, 2.45) is 17.1 Å². The number of rotatable bonds is 11. The number of amides is 1. The van der Waals surface area contributed by atoms with Gasteiger partial charge in [-0.1, -0.05) is 33.8 Å². The number of hydrogen-bond donors (Lipinski definition) is 3. The van der Waals surface area contributed by atoms with E-state index in [4.69, 9.17) is 25.4 Å². The van der Waals surface area contributed by atoms with Crippen molar-refractivity contribution < 1.29 is 23.8 Å². The van der Waals surface area contributed by atoms with E-state index in [1.54, 1.807) is 19.2 Å². The lowest BCUT2D eigenvalue weighted by Gasteiger charge is -2.20. The van der Waals surface area contributed by atoms with E-state index in [9.17, 15) is 9.59 Å². The molecule has 0 spiro atoms. The lowest BCUT2D eigenvalue weighted by Crippen LogP contribution is -2.24. The molecule has 0 saturated heterocycles. The molecule has 0 unspecified atom stereocenters. The summed E-state index contributed by atoms with van der Waals surface area (Å²) in [6.07, 6.45) is 3.34. The van der Waals surface area contributed by atoms with Crippen LogP contribution in [0.3, 0.4) is 0 Å². The molecule has 0 aliphatic heterocycles. The summed E-state index contributed by atoms with van der Waals surface area (Å²) in [4.78, 5) is 22.6.